The number of nitrogens with zero attached hydrogens (tertiary/aromatic N) is 1. The summed E-state index contributed by atoms with van der Waals surface area (Å²) < 4.78 is 0. The van der Waals surface area contributed by atoms with E-state index in [9.17, 15) is 4.79 Å². The standard InChI is InChI=1S/C18H16N2O/c1-12-14(6-4-7-16(12)19)18(21)11-13-9-10-20-17-8-3-2-5-15(13)17/h2-10H,11,19H2,1H3. The van der Waals surface area contributed by atoms with Crippen molar-refractivity contribution in [2.75, 3.05) is 5.73 Å². The number of anilines is 1. The number of rotatable bonds is 3. The molecule has 0 unspecified atom stereocenters. The first-order valence-corrected chi connectivity index (χ1v) is 6.88. The van der Waals surface area contributed by atoms with Gasteiger partial charge in [-0.15, -0.1) is 0 Å². The van der Waals surface area contributed by atoms with Crippen molar-refractivity contribution in [1.82, 2.24) is 4.98 Å². The number of para-hydroxylation sites is 1. The van der Waals surface area contributed by atoms with Crippen LogP contribution in [-0.2, 0) is 6.42 Å². The monoisotopic (exact) mass is 276 g/mol. The number of fused-ring (bicyclic) bond motifs is 1. The van der Waals surface area contributed by atoms with Crippen LogP contribution in [0.1, 0.15) is 21.5 Å². The summed E-state index contributed by atoms with van der Waals surface area (Å²) in [4.78, 5) is 16.9. The molecule has 0 aliphatic heterocycles. The number of pyridine rings is 1. The van der Waals surface area contributed by atoms with Crippen molar-refractivity contribution in [3.05, 3.63) is 71.4 Å². The van der Waals surface area contributed by atoms with Gasteiger partial charge in [-0.2, -0.15) is 0 Å². The molecule has 3 heteroatoms. The average molecular weight is 276 g/mol. The number of nitrogen functional groups attached to an aromatic ring is 1. The van der Waals surface area contributed by atoms with Gasteiger partial charge in [0.1, 0.15) is 0 Å². The molecule has 2 aromatic carbocycles. The third kappa shape index (κ3) is 2.50. The molecule has 3 nitrogen and oxygen atoms in total. The quantitative estimate of drug-likeness (QED) is 0.588. The molecule has 0 bridgehead atoms. The Hall–Kier alpha value is -2.68. The summed E-state index contributed by atoms with van der Waals surface area (Å²) in [6, 6.07) is 15.2. The molecule has 2 N–H and O–H groups in total. The highest BCUT2D eigenvalue weighted by molar-refractivity contribution is 6.01. The van der Waals surface area contributed by atoms with E-state index in [4.69, 9.17) is 5.73 Å². The van der Waals surface area contributed by atoms with E-state index in [1.807, 2.05) is 55.5 Å². The van der Waals surface area contributed by atoms with Crippen LogP contribution in [0.4, 0.5) is 5.69 Å². The molecule has 0 spiro atoms. The summed E-state index contributed by atoms with van der Waals surface area (Å²) in [6.07, 6.45) is 2.10. The molecule has 1 heterocycles. The number of nitrogens with two attached hydrogens (primary N) is 1. The smallest absolute Gasteiger partial charge is 0.167 e. The summed E-state index contributed by atoms with van der Waals surface area (Å²) in [5, 5.41) is 1.02. The molecule has 1 aromatic heterocycles. The first-order valence-electron chi connectivity index (χ1n) is 6.88. The summed E-state index contributed by atoms with van der Waals surface area (Å²) in [7, 11) is 0. The molecule has 0 radical (unpaired) electrons. The van der Waals surface area contributed by atoms with Gasteiger partial charge < -0.3 is 5.73 Å². The molecule has 104 valence electrons. The van der Waals surface area contributed by atoms with Gasteiger partial charge in [0.05, 0.1) is 5.52 Å². The van der Waals surface area contributed by atoms with Crippen LogP contribution in [-0.4, -0.2) is 10.8 Å². The molecule has 0 aliphatic rings. The van der Waals surface area contributed by atoms with Crippen molar-refractivity contribution in [1.29, 1.82) is 0 Å². The van der Waals surface area contributed by atoms with Crippen LogP contribution in [0.25, 0.3) is 10.9 Å². The lowest BCUT2D eigenvalue weighted by Gasteiger charge is -2.09. The Morgan fingerprint density at radius 1 is 1.10 bits per heavy atom. The number of Topliss-reactive ketones (excluding diaryl/α,β-unsaturated/α-hetero) is 1. The highest BCUT2D eigenvalue weighted by atomic mass is 16.1. The number of carbonyl (C=O) groups is 1. The van der Waals surface area contributed by atoms with Gasteiger partial charge in [0.25, 0.3) is 0 Å². The number of ketones is 1. The Labute approximate surface area is 123 Å². The lowest BCUT2D eigenvalue weighted by molar-refractivity contribution is 0.0993. The van der Waals surface area contributed by atoms with Crippen LogP contribution in [0.2, 0.25) is 0 Å². The van der Waals surface area contributed by atoms with Crippen LogP contribution < -0.4 is 5.73 Å². The van der Waals surface area contributed by atoms with E-state index in [1.54, 1.807) is 6.20 Å². The minimum Gasteiger partial charge on any atom is -0.398 e. The summed E-state index contributed by atoms with van der Waals surface area (Å²) in [6.45, 7) is 1.88. The van der Waals surface area contributed by atoms with Crippen LogP contribution in [0.5, 0.6) is 0 Å². The van der Waals surface area contributed by atoms with Crippen LogP contribution >= 0.6 is 0 Å². The third-order valence-electron chi connectivity index (χ3n) is 3.77. The van der Waals surface area contributed by atoms with E-state index < -0.39 is 0 Å². The molecule has 0 saturated heterocycles. The minimum atomic E-state index is 0.0798. The molecule has 0 fully saturated rings. The molecule has 21 heavy (non-hydrogen) atoms. The van der Waals surface area contributed by atoms with Gasteiger partial charge in [-0.3, -0.25) is 9.78 Å². The van der Waals surface area contributed by atoms with Gasteiger partial charge in [0, 0.05) is 29.3 Å². The van der Waals surface area contributed by atoms with E-state index >= 15 is 0 Å². The van der Waals surface area contributed by atoms with E-state index in [0.717, 1.165) is 22.0 Å². The van der Waals surface area contributed by atoms with Gasteiger partial charge in [-0.1, -0.05) is 30.3 Å². The molecule has 0 atom stereocenters. The zero-order valence-electron chi connectivity index (χ0n) is 11.8. The highest BCUT2D eigenvalue weighted by Gasteiger charge is 2.13. The van der Waals surface area contributed by atoms with Crippen LogP contribution in [0.15, 0.2) is 54.7 Å². The number of hydrogen-bond acceptors (Lipinski definition) is 3. The lowest BCUT2D eigenvalue weighted by atomic mass is 9.96. The Kier molecular flexibility index (Phi) is 3.40. The Morgan fingerprint density at radius 3 is 2.76 bits per heavy atom. The Bertz CT molecular complexity index is 819. The van der Waals surface area contributed by atoms with Gasteiger partial charge in [0.15, 0.2) is 5.78 Å². The fourth-order valence-corrected chi connectivity index (χ4v) is 2.53. The first-order chi connectivity index (χ1) is 10.2. The molecule has 0 saturated carbocycles. The predicted molar refractivity (Wildman–Crippen MR) is 85.4 cm³/mol. The second-order valence-electron chi connectivity index (χ2n) is 5.11. The Balaban J connectivity index is 1.99. The van der Waals surface area contributed by atoms with Gasteiger partial charge in [-0.05, 0) is 36.2 Å². The normalized spacial score (nSPS) is 10.7. The summed E-state index contributed by atoms with van der Waals surface area (Å²) >= 11 is 0. The SMILES string of the molecule is Cc1c(N)cccc1C(=O)Cc1ccnc2ccccc12. The Morgan fingerprint density at radius 2 is 1.90 bits per heavy atom. The molecule has 0 amide bonds. The summed E-state index contributed by atoms with van der Waals surface area (Å²) in [5.41, 5.74) is 9.97. The van der Waals surface area contributed by atoms with Gasteiger partial charge in [0.2, 0.25) is 0 Å². The largest absolute Gasteiger partial charge is 0.398 e. The van der Waals surface area contributed by atoms with Gasteiger partial charge in [-0.25, -0.2) is 0 Å². The number of carbonyl (C=O) groups excluding carboxylic acids is 1. The predicted octanol–water partition coefficient (Wildman–Crippen LogP) is 3.55. The van der Waals surface area contributed by atoms with Crippen molar-refractivity contribution in [2.45, 2.75) is 13.3 Å². The van der Waals surface area contributed by atoms with Crippen molar-refractivity contribution in [3.63, 3.8) is 0 Å². The summed E-state index contributed by atoms with van der Waals surface area (Å²) in [5.74, 6) is 0.0798. The molecule has 3 rings (SSSR count). The zero-order chi connectivity index (χ0) is 14.8. The minimum absolute atomic E-state index is 0.0798. The number of benzene rings is 2. The van der Waals surface area contributed by atoms with E-state index in [2.05, 4.69) is 4.98 Å². The second kappa shape index (κ2) is 5.37. The lowest BCUT2D eigenvalue weighted by Crippen LogP contribution is -2.07. The number of aromatic nitrogens is 1. The van der Waals surface area contributed by atoms with Crippen molar-refractivity contribution < 1.29 is 4.79 Å². The zero-order valence-corrected chi connectivity index (χ0v) is 11.8. The fourth-order valence-electron chi connectivity index (χ4n) is 2.53. The van der Waals surface area contributed by atoms with E-state index in [-0.39, 0.29) is 5.78 Å². The molecular weight excluding hydrogens is 260 g/mol. The maximum atomic E-state index is 12.6. The van der Waals surface area contributed by atoms with Crippen molar-refractivity contribution in [3.8, 4) is 0 Å². The molecular formula is C18H16N2O. The fraction of sp³-hybridized carbons (Fsp3) is 0.111. The van der Waals surface area contributed by atoms with Crippen LogP contribution in [0, 0.1) is 6.92 Å². The maximum absolute atomic E-state index is 12.6. The topological polar surface area (TPSA) is 56.0 Å². The molecule has 0 aliphatic carbocycles. The maximum Gasteiger partial charge on any atom is 0.167 e. The van der Waals surface area contributed by atoms with Crippen molar-refractivity contribution in [2.24, 2.45) is 0 Å². The van der Waals surface area contributed by atoms with Crippen LogP contribution in [0.3, 0.4) is 0 Å². The highest BCUT2D eigenvalue weighted by Crippen LogP contribution is 2.21. The van der Waals surface area contributed by atoms with Crippen molar-refractivity contribution >= 4 is 22.4 Å². The van der Waals surface area contributed by atoms with E-state index in [1.165, 1.54) is 0 Å². The first kappa shape index (κ1) is 13.3. The average Bonchev–Trinajstić information content (AvgIpc) is 2.50. The van der Waals surface area contributed by atoms with Gasteiger partial charge >= 0.3 is 0 Å². The number of hydrogen-bond donors (Lipinski definition) is 1. The second-order valence-corrected chi connectivity index (χ2v) is 5.11. The molecule has 3 aromatic rings. The van der Waals surface area contributed by atoms with E-state index in [0.29, 0.717) is 17.7 Å². The third-order valence-corrected chi connectivity index (χ3v) is 3.77.